The zero-order valence-corrected chi connectivity index (χ0v) is 20.3. The first-order chi connectivity index (χ1) is 13.1. The summed E-state index contributed by atoms with van der Waals surface area (Å²) < 4.78 is 23.7. The summed E-state index contributed by atoms with van der Waals surface area (Å²) in [5, 5.41) is 0. The molecule has 0 aromatic heterocycles. The fourth-order valence-electron chi connectivity index (χ4n) is 2.95. The highest BCUT2D eigenvalue weighted by atomic mass is 28.4. The molecule has 0 aromatic carbocycles. The molecule has 6 heteroatoms. The van der Waals surface area contributed by atoms with Gasteiger partial charge < -0.3 is 18.0 Å². The molecule has 0 N–H and O–H groups in total. The van der Waals surface area contributed by atoms with Gasteiger partial charge in [0.25, 0.3) is 0 Å². The van der Waals surface area contributed by atoms with Gasteiger partial charge in [0, 0.05) is 29.9 Å². The molecule has 0 radical (unpaired) electrons. The van der Waals surface area contributed by atoms with Crippen molar-refractivity contribution in [3.05, 3.63) is 12.2 Å². The van der Waals surface area contributed by atoms with Gasteiger partial charge in [0.05, 0.1) is 6.61 Å². The maximum atomic E-state index is 11.3. The molecule has 166 valence electrons. The van der Waals surface area contributed by atoms with E-state index in [-0.39, 0.29) is 24.3 Å². The number of esters is 1. The van der Waals surface area contributed by atoms with Gasteiger partial charge in [-0.2, -0.15) is 0 Å². The normalized spacial score (nSPS) is 12.2. The monoisotopic (exact) mass is 416 g/mol. The summed E-state index contributed by atoms with van der Waals surface area (Å²) in [5.74, 6) is -0.288. The molecule has 0 heterocycles. The summed E-state index contributed by atoms with van der Waals surface area (Å²) in [6.07, 6.45) is 8.09. The van der Waals surface area contributed by atoms with Crippen LogP contribution in [0.4, 0.5) is 0 Å². The van der Waals surface area contributed by atoms with Crippen LogP contribution in [0.15, 0.2) is 12.2 Å². The smallest absolute Gasteiger partial charge is 0.462 e. The predicted molar refractivity (Wildman–Crippen MR) is 117 cm³/mol. The first kappa shape index (κ1) is 27.3. The quantitative estimate of drug-likeness (QED) is 0.125. The highest BCUT2D eigenvalue weighted by Gasteiger charge is 2.43. The highest BCUT2D eigenvalue weighted by molar-refractivity contribution is 6.60. The summed E-state index contributed by atoms with van der Waals surface area (Å²) in [4.78, 5) is 11.3. The number of ether oxygens (including phenoxy) is 1. The average Bonchev–Trinajstić information content (AvgIpc) is 2.54. The second-order valence-electron chi connectivity index (χ2n) is 8.32. The molecule has 0 unspecified atom stereocenters. The molecule has 0 aliphatic heterocycles. The summed E-state index contributed by atoms with van der Waals surface area (Å²) in [7, 11) is -2.65. The molecule has 0 aliphatic carbocycles. The first-order valence-electron chi connectivity index (χ1n) is 10.9. The van der Waals surface area contributed by atoms with Crippen LogP contribution in [0.2, 0.25) is 6.04 Å². The van der Waals surface area contributed by atoms with E-state index in [1.165, 1.54) is 19.3 Å². The zero-order chi connectivity index (χ0) is 21.6. The second kappa shape index (κ2) is 15.2. The third-order valence-corrected chi connectivity index (χ3v) is 7.41. The van der Waals surface area contributed by atoms with E-state index in [0.717, 1.165) is 31.7 Å². The molecule has 0 aliphatic rings. The molecule has 0 aromatic rings. The van der Waals surface area contributed by atoms with E-state index in [1.54, 1.807) is 6.92 Å². The van der Waals surface area contributed by atoms with E-state index in [1.807, 2.05) is 41.5 Å². The van der Waals surface area contributed by atoms with E-state index in [4.69, 9.17) is 18.0 Å². The van der Waals surface area contributed by atoms with Gasteiger partial charge in [-0.3, -0.25) is 0 Å². The Hall–Kier alpha value is -0.693. The van der Waals surface area contributed by atoms with Crippen molar-refractivity contribution in [1.82, 2.24) is 0 Å². The lowest BCUT2D eigenvalue weighted by Gasteiger charge is -2.34. The van der Waals surface area contributed by atoms with Crippen molar-refractivity contribution >= 4 is 14.8 Å². The molecule has 0 bridgehead atoms. The molecule has 0 rings (SSSR count). The van der Waals surface area contributed by atoms with Crippen LogP contribution in [0.1, 0.15) is 93.4 Å². The molecule has 0 fully saturated rings. The second-order valence-corrected chi connectivity index (χ2v) is 10.9. The third kappa shape index (κ3) is 14.3. The highest BCUT2D eigenvalue weighted by Crippen LogP contribution is 2.25. The van der Waals surface area contributed by atoms with Crippen LogP contribution < -0.4 is 0 Å². The maximum absolute atomic E-state index is 11.3. The number of rotatable bonds is 17. The van der Waals surface area contributed by atoms with Crippen LogP contribution in [0, 0.1) is 0 Å². The molecule has 0 atom stereocenters. The van der Waals surface area contributed by atoms with Crippen molar-refractivity contribution in [2.75, 3.05) is 6.61 Å². The molecular weight excluding hydrogens is 372 g/mol. The maximum Gasteiger partial charge on any atom is 0.501 e. The van der Waals surface area contributed by atoms with Crippen molar-refractivity contribution < 1.29 is 22.8 Å². The zero-order valence-electron chi connectivity index (χ0n) is 19.3. The Balaban J connectivity index is 4.09. The largest absolute Gasteiger partial charge is 0.501 e. The molecule has 0 saturated heterocycles. The number of hydrogen-bond acceptors (Lipinski definition) is 5. The van der Waals surface area contributed by atoms with Gasteiger partial charge in [0.1, 0.15) is 0 Å². The van der Waals surface area contributed by atoms with Crippen LogP contribution in [0.3, 0.4) is 0 Å². The van der Waals surface area contributed by atoms with E-state index in [2.05, 4.69) is 6.58 Å². The lowest BCUT2D eigenvalue weighted by atomic mass is 10.1. The summed E-state index contributed by atoms with van der Waals surface area (Å²) >= 11 is 0. The van der Waals surface area contributed by atoms with Crippen LogP contribution in [0.25, 0.3) is 0 Å². The SMILES string of the molecule is C=C(C)C(=O)OCCCCCCCCC[Si](OC(C)C)(OC(C)C)OC(C)C. The summed E-state index contributed by atoms with van der Waals surface area (Å²) in [6.45, 7) is 18.0. The van der Waals surface area contributed by atoms with Gasteiger partial charge in [-0.15, -0.1) is 0 Å². The van der Waals surface area contributed by atoms with Crippen molar-refractivity contribution in [3.63, 3.8) is 0 Å². The Bertz CT molecular complexity index is 408. The Morgan fingerprint density at radius 1 is 0.750 bits per heavy atom. The molecule has 0 saturated carbocycles. The van der Waals surface area contributed by atoms with Crippen LogP contribution in [-0.2, 0) is 22.8 Å². The number of unbranched alkanes of at least 4 members (excludes halogenated alkanes) is 6. The van der Waals surface area contributed by atoms with Crippen molar-refractivity contribution in [3.8, 4) is 0 Å². The first-order valence-corrected chi connectivity index (χ1v) is 12.9. The van der Waals surface area contributed by atoms with Crippen molar-refractivity contribution in [1.29, 1.82) is 0 Å². The number of carbonyl (C=O) groups excluding carboxylic acids is 1. The fourth-order valence-corrected chi connectivity index (χ4v) is 6.31. The Morgan fingerprint density at radius 2 is 1.14 bits per heavy atom. The Kier molecular flexibility index (Phi) is 14.8. The minimum absolute atomic E-state index is 0.100. The Labute approximate surface area is 174 Å². The van der Waals surface area contributed by atoms with Gasteiger partial charge in [0.15, 0.2) is 0 Å². The minimum atomic E-state index is -2.65. The van der Waals surface area contributed by atoms with Gasteiger partial charge in [-0.05, 0) is 61.3 Å². The topological polar surface area (TPSA) is 54.0 Å². The molecular formula is C22H44O5Si. The van der Waals surface area contributed by atoms with Crippen LogP contribution >= 0.6 is 0 Å². The molecule has 0 spiro atoms. The van der Waals surface area contributed by atoms with Gasteiger partial charge in [-0.25, -0.2) is 4.79 Å². The van der Waals surface area contributed by atoms with E-state index in [0.29, 0.717) is 12.2 Å². The lowest BCUT2D eigenvalue weighted by molar-refractivity contribution is -0.139. The van der Waals surface area contributed by atoms with Crippen molar-refractivity contribution in [2.45, 2.75) is 118 Å². The van der Waals surface area contributed by atoms with E-state index >= 15 is 0 Å². The standard InChI is InChI=1S/C22H44O5Si/c1-18(2)22(23)24-16-14-12-10-9-11-13-15-17-28(25-19(3)4,26-20(5)6)27-21(7)8/h19-21H,1,9-17H2,2-8H3. The van der Waals surface area contributed by atoms with Crippen molar-refractivity contribution in [2.24, 2.45) is 0 Å². The number of hydrogen-bond donors (Lipinski definition) is 0. The minimum Gasteiger partial charge on any atom is -0.462 e. The fraction of sp³-hybridized carbons (Fsp3) is 0.864. The van der Waals surface area contributed by atoms with Gasteiger partial charge >= 0.3 is 14.8 Å². The average molecular weight is 417 g/mol. The Morgan fingerprint density at radius 3 is 1.54 bits per heavy atom. The molecule has 5 nitrogen and oxygen atoms in total. The number of carbonyl (C=O) groups is 1. The predicted octanol–water partition coefficient (Wildman–Crippen LogP) is 6.05. The molecule has 28 heavy (non-hydrogen) atoms. The van der Waals surface area contributed by atoms with Crippen LogP contribution in [-0.4, -0.2) is 39.7 Å². The molecule has 0 amide bonds. The van der Waals surface area contributed by atoms with E-state index in [9.17, 15) is 4.79 Å². The summed E-state index contributed by atoms with van der Waals surface area (Å²) in [5.41, 5.74) is 0.462. The summed E-state index contributed by atoms with van der Waals surface area (Å²) in [6, 6.07) is 0.873. The lowest BCUT2D eigenvalue weighted by Crippen LogP contribution is -2.50. The van der Waals surface area contributed by atoms with Gasteiger partial charge in [0.2, 0.25) is 0 Å². The third-order valence-electron chi connectivity index (χ3n) is 3.95. The van der Waals surface area contributed by atoms with E-state index < -0.39 is 8.80 Å². The van der Waals surface area contributed by atoms with Crippen LogP contribution in [0.5, 0.6) is 0 Å². The van der Waals surface area contributed by atoms with Gasteiger partial charge in [-0.1, -0.05) is 38.7 Å².